The lowest BCUT2D eigenvalue weighted by Gasteiger charge is -2.33. The Labute approximate surface area is 170 Å². The van der Waals surface area contributed by atoms with Gasteiger partial charge in [-0.05, 0) is 32.6 Å². The molecule has 148 valence electrons. The molecule has 0 N–H and O–H groups in total. The summed E-state index contributed by atoms with van der Waals surface area (Å²) < 4.78 is 5.54. The molecule has 1 saturated heterocycles. The van der Waals surface area contributed by atoms with E-state index in [-0.39, 0.29) is 11.8 Å². The standard InChI is InChI=1S/C23H24N4O2/c1-15-12-20(29-26-15)19-13-24-22(16-6-3-2-4-7-16)25-21(19)18-8-5-11-27(14-18)23(28)17-9-10-17/h2-4,6-7,12-13,17-18H,5,8-11,14H2,1H3. The number of nitrogens with zero attached hydrogens (tertiary/aromatic N) is 4. The van der Waals surface area contributed by atoms with Crippen LogP contribution >= 0.6 is 0 Å². The Kier molecular flexibility index (Phi) is 4.62. The average molecular weight is 388 g/mol. The van der Waals surface area contributed by atoms with Crippen LogP contribution in [0.15, 0.2) is 47.1 Å². The minimum atomic E-state index is 0.164. The van der Waals surface area contributed by atoms with E-state index >= 15 is 0 Å². The van der Waals surface area contributed by atoms with E-state index in [2.05, 4.69) is 10.1 Å². The molecule has 1 amide bonds. The molecule has 1 unspecified atom stereocenters. The van der Waals surface area contributed by atoms with Gasteiger partial charge in [0.05, 0.1) is 17.0 Å². The van der Waals surface area contributed by atoms with Crippen LogP contribution < -0.4 is 0 Å². The Morgan fingerprint density at radius 2 is 2.00 bits per heavy atom. The zero-order valence-electron chi connectivity index (χ0n) is 16.5. The lowest BCUT2D eigenvalue weighted by Crippen LogP contribution is -2.40. The molecule has 1 aromatic carbocycles. The van der Waals surface area contributed by atoms with Crippen molar-refractivity contribution in [3.8, 4) is 22.7 Å². The van der Waals surface area contributed by atoms with Gasteiger partial charge in [0.1, 0.15) is 0 Å². The fourth-order valence-corrected chi connectivity index (χ4v) is 4.10. The zero-order valence-corrected chi connectivity index (χ0v) is 16.5. The Bertz CT molecular complexity index is 1030. The Morgan fingerprint density at radius 3 is 2.72 bits per heavy atom. The lowest BCUT2D eigenvalue weighted by atomic mass is 9.91. The summed E-state index contributed by atoms with van der Waals surface area (Å²) in [5, 5.41) is 4.04. The molecular formula is C23H24N4O2. The highest BCUT2D eigenvalue weighted by molar-refractivity contribution is 5.81. The van der Waals surface area contributed by atoms with Gasteiger partial charge in [-0.1, -0.05) is 35.5 Å². The summed E-state index contributed by atoms with van der Waals surface area (Å²) >= 11 is 0. The second-order valence-corrected chi connectivity index (χ2v) is 8.09. The Morgan fingerprint density at radius 1 is 1.17 bits per heavy atom. The number of hydrogen-bond acceptors (Lipinski definition) is 5. The third-order valence-electron chi connectivity index (χ3n) is 5.79. The van der Waals surface area contributed by atoms with Crippen molar-refractivity contribution in [2.75, 3.05) is 13.1 Å². The number of rotatable bonds is 4. The van der Waals surface area contributed by atoms with Gasteiger partial charge in [-0.3, -0.25) is 4.79 Å². The average Bonchev–Trinajstić information content (AvgIpc) is 3.54. The van der Waals surface area contributed by atoms with E-state index in [1.54, 1.807) is 0 Å². The van der Waals surface area contributed by atoms with E-state index in [9.17, 15) is 4.79 Å². The molecule has 6 nitrogen and oxygen atoms in total. The highest BCUT2D eigenvalue weighted by Gasteiger charge is 2.36. The van der Waals surface area contributed by atoms with Gasteiger partial charge in [-0.25, -0.2) is 9.97 Å². The van der Waals surface area contributed by atoms with Crippen LogP contribution in [-0.2, 0) is 4.79 Å². The van der Waals surface area contributed by atoms with Crippen molar-refractivity contribution in [1.29, 1.82) is 0 Å². The normalized spacial score (nSPS) is 19.3. The van der Waals surface area contributed by atoms with Gasteiger partial charge in [0.15, 0.2) is 11.6 Å². The summed E-state index contributed by atoms with van der Waals surface area (Å²) in [5.41, 5.74) is 3.63. The number of carbonyl (C=O) groups excluding carboxylic acids is 1. The molecule has 29 heavy (non-hydrogen) atoms. The minimum absolute atomic E-state index is 0.164. The first-order chi connectivity index (χ1) is 14.2. The van der Waals surface area contributed by atoms with E-state index in [1.165, 1.54) is 0 Å². The van der Waals surface area contributed by atoms with E-state index in [4.69, 9.17) is 9.51 Å². The van der Waals surface area contributed by atoms with Crippen LogP contribution in [0.1, 0.15) is 43.0 Å². The number of benzene rings is 1. The summed E-state index contributed by atoms with van der Waals surface area (Å²) in [6.07, 6.45) is 5.90. The summed E-state index contributed by atoms with van der Waals surface area (Å²) in [5.74, 6) is 2.10. The van der Waals surface area contributed by atoms with Gasteiger partial charge in [-0.15, -0.1) is 0 Å². The van der Waals surface area contributed by atoms with Gasteiger partial charge >= 0.3 is 0 Å². The van der Waals surface area contributed by atoms with Gasteiger partial charge in [-0.2, -0.15) is 0 Å². The number of aryl methyl sites for hydroxylation is 1. The smallest absolute Gasteiger partial charge is 0.225 e. The van der Waals surface area contributed by atoms with Crippen molar-refractivity contribution in [2.45, 2.75) is 38.5 Å². The van der Waals surface area contributed by atoms with E-state index < -0.39 is 0 Å². The van der Waals surface area contributed by atoms with E-state index in [0.717, 1.165) is 54.7 Å². The Hall–Kier alpha value is -3.02. The predicted octanol–water partition coefficient (Wildman–Crippen LogP) is 4.22. The van der Waals surface area contributed by atoms with Crippen molar-refractivity contribution in [1.82, 2.24) is 20.0 Å². The van der Waals surface area contributed by atoms with Crippen LogP contribution in [0.5, 0.6) is 0 Å². The molecule has 0 bridgehead atoms. The number of piperidine rings is 1. The fourth-order valence-electron chi connectivity index (χ4n) is 4.10. The minimum Gasteiger partial charge on any atom is -0.356 e. The van der Waals surface area contributed by atoms with Gasteiger partial charge in [0.25, 0.3) is 0 Å². The molecule has 2 aromatic heterocycles. The third kappa shape index (κ3) is 3.67. The van der Waals surface area contributed by atoms with Crippen molar-refractivity contribution >= 4 is 5.91 Å². The molecule has 5 rings (SSSR count). The number of aromatic nitrogens is 3. The first kappa shape index (κ1) is 18.0. The molecule has 1 saturated carbocycles. The van der Waals surface area contributed by atoms with Crippen LogP contribution in [-0.4, -0.2) is 39.0 Å². The monoisotopic (exact) mass is 388 g/mol. The summed E-state index contributed by atoms with van der Waals surface area (Å²) in [7, 11) is 0. The summed E-state index contributed by atoms with van der Waals surface area (Å²) in [4.78, 5) is 24.3. The van der Waals surface area contributed by atoms with Crippen LogP contribution in [0.3, 0.4) is 0 Å². The van der Waals surface area contributed by atoms with E-state index in [0.29, 0.717) is 24.0 Å². The van der Waals surface area contributed by atoms with Crippen molar-refractivity contribution in [3.63, 3.8) is 0 Å². The maximum Gasteiger partial charge on any atom is 0.225 e. The molecule has 2 aliphatic rings. The van der Waals surface area contributed by atoms with Crippen molar-refractivity contribution in [3.05, 3.63) is 54.0 Å². The number of amides is 1. The molecule has 1 atom stereocenters. The first-order valence-electron chi connectivity index (χ1n) is 10.3. The predicted molar refractivity (Wildman–Crippen MR) is 109 cm³/mol. The van der Waals surface area contributed by atoms with Crippen molar-refractivity contribution in [2.24, 2.45) is 5.92 Å². The first-order valence-corrected chi connectivity index (χ1v) is 10.3. The topological polar surface area (TPSA) is 72.1 Å². The summed E-state index contributed by atoms with van der Waals surface area (Å²) in [6, 6.07) is 11.9. The molecule has 3 aromatic rings. The maximum atomic E-state index is 12.6. The molecule has 1 aliphatic carbocycles. The van der Waals surface area contributed by atoms with Crippen LogP contribution in [0, 0.1) is 12.8 Å². The van der Waals surface area contributed by atoms with E-state index in [1.807, 2.05) is 54.4 Å². The number of carbonyl (C=O) groups is 1. The SMILES string of the molecule is Cc1cc(-c2cnc(-c3ccccc3)nc2C2CCCN(C(=O)C3CC3)C2)on1. The largest absolute Gasteiger partial charge is 0.356 e. The molecule has 6 heteroatoms. The lowest BCUT2D eigenvalue weighted by molar-refractivity contribution is -0.133. The van der Waals surface area contributed by atoms with Gasteiger partial charge in [0.2, 0.25) is 5.91 Å². The number of likely N-dealkylation sites (tertiary alicyclic amines) is 1. The second kappa shape index (κ2) is 7.43. The number of hydrogen-bond donors (Lipinski definition) is 0. The fraction of sp³-hybridized carbons (Fsp3) is 0.391. The molecule has 0 radical (unpaired) electrons. The summed E-state index contributed by atoms with van der Waals surface area (Å²) in [6.45, 7) is 3.46. The molecule has 3 heterocycles. The quantitative estimate of drug-likeness (QED) is 0.669. The zero-order chi connectivity index (χ0) is 19.8. The Balaban J connectivity index is 1.53. The van der Waals surface area contributed by atoms with Crippen LogP contribution in [0.4, 0.5) is 0 Å². The van der Waals surface area contributed by atoms with Crippen molar-refractivity contribution < 1.29 is 9.32 Å². The molecule has 0 spiro atoms. The molecule has 1 aliphatic heterocycles. The van der Waals surface area contributed by atoms with Gasteiger partial charge in [0, 0.05) is 42.8 Å². The highest BCUT2D eigenvalue weighted by atomic mass is 16.5. The molecular weight excluding hydrogens is 364 g/mol. The maximum absolute atomic E-state index is 12.6. The van der Waals surface area contributed by atoms with Crippen LogP contribution in [0.25, 0.3) is 22.7 Å². The highest BCUT2D eigenvalue weighted by Crippen LogP contribution is 2.37. The van der Waals surface area contributed by atoms with Gasteiger partial charge < -0.3 is 9.42 Å². The van der Waals surface area contributed by atoms with Crippen LogP contribution in [0.2, 0.25) is 0 Å². The second-order valence-electron chi connectivity index (χ2n) is 8.09. The molecule has 2 fully saturated rings. The third-order valence-corrected chi connectivity index (χ3v) is 5.79.